The second-order valence-corrected chi connectivity index (χ2v) is 9.22. The summed E-state index contributed by atoms with van der Waals surface area (Å²) in [6, 6.07) is 11.4. The number of rotatable bonds is 6. The van der Waals surface area contributed by atoms with Crippen molar-refractivity contribution in [2.45, 2.75) is 23.0 Å². The van der Waals surface area contributed by atoms with Gasteiger partial charge in [0.1, 0.15) is 5.41 Å². The van der Waals surface area contributed by atoms with Crippen molar-refractivity contribution in [2.24, 2.45) is 5.41 Å². The standard InChI is InChI=1S/C20H20O7S/c1-12-3-6-14(7-4-12)28(23,24)18-17(20(18,10-25-2)19(21)22)13-5-8-15-16(9-13)27-11-26-15/h3-9,17-18H,10-11H2,1-2H3,(H,21,22)/t17-,18-,20-/m0/s1. The van der Waals surface area contributed by atoms with Gasteiger partial charge < -0.3 is 19.3 Å². The lowest BCUT2D eigenvalue weighted by Crippen LogP contribution is -2.28. The zero-order valence-corrected chi connectivity index (χ0v) is 16.2. The van der Waals surface area contributed by atoms with Gasteiger partial charge in [-0.15, -0.1) is 0 Å². The Morgan fingerprint density at radius 2 is 1.86 bits per heavy atom. The van der Waals surface area contributed by atoms with E-state index in [2.05, 4.69) is 0 Å². The van der Waals surface area contributed by atoms with Crippen molar-refractivity contribution in [2.75, 3.05) is 20.5 Å². The summed E-state index contributed by atoms with van der Waals surface area (Å²) in [5, 5.41) is 8.85. The molecule has 4 rings (SSSR count). The summed E-state index contributed by atoms with van der Waals surface area (Å²) in [7, 11) is -2.53. The van der Waals surface area contributed by atoms with E-state index in [9.17, 15) is 18.3 Å². The summed E-state index contributed by atoms with van der Waals surface area (Å²) in [5.41, 5.74) is -0.0700. The predicted molar refractivity (Wildman–Crippen MR) is 99.4 cm³/mol. The Bertz CT molecular complexity index is 1030. The number of carbonyl (C=O) groups is 1. The first-order valence-electron chi connectivity index (χ1n) is 8.75. The van der Waals surface area contributed by atoms with Crippen LogP contribution < -0.4 is 9.47 Å². The Balaban J connectivity index is 1.81. The third-order valence-corrected chi connectivity index (χ3v) is 7.77. The number of fused-ring (bicyclic) bond motifs is 1. The molecular weight excluding hydrogens is 384 g/mol. The van der Waals surface area contributed by atoms with Crippen LogP contribution in [0.5, 0.6) is 11.5 Å². The van der Waals surface area contributed by atoms with Crippen LogP contribution in [0.2, 0.25) is 0 Å². The van der Waals surface area contributed by atoms with Gasteiger partial charge in [0.2, 0.25) is 6.79 Å². The normalized spacial score (nSPS) is 25.5. The number of aliphatic carboxylic acids is 1. The first kappa shape index (κ1) is 18.8. The molecule has 148 valence electrons. The fourth-order valence-electron chi connectivity index (χ4n) is 4.04. The summed E-state index contributed by atoms with van der Waals surface area (Å²) in [4.78, 5) is 12.3. The van der Waals surface area contributed by atoms with Crippen molar-refractivity contribution in [3.63, 3.8) is 0 Å². The van der Waals surface area contributed by atoms with Gasteiger partial charge in [0.15, 0.2) is 21.3 Å². The number of hydrogen-bond donors (Lipinski definition) is 1. The molecule has 1 aliphatic heterocycles. The number of ether oxygens (including phenoxy) is 3. The van der Waals surface area contributed by atoms with E-state index < -0.39 is 32.4 Å². The lowest BCUT2D eigenvalue weighted by Gasteiger charge is -2.12. The third kappa shape index (κ3) is 2.67. The van der Waals surface area contributed by atoms with Gasteiger partial charge in [-0.3, -0.25) is 4.79 Å². The Kier molecular flexibility index (Phi) is 4.35. The summed E-state index contributed by atoms with van der Waals surface area (Å²) < 4.78 is 42.5. The largest absolute Gasteiger partial charge is 0.481 e. The molecule has 3 atom stereocenters. The molecule has 2 aliphatic rings. The Hall–Kier alpha value is -2.58. The van der Waals surface area contributed by atoms with E-state index in [1.165, 1.54) is 19.2 Å². The minimum atomic E-state index is -3.90. The Morgan fingerprint density at radius 1 is 1.18 bits per heavy atom. The molecule has 2 aromatic rings. The Morgan fingerprint density at radius 3 is 2.50 bits per heavy atom. The molecule has 0 radical (unpaired) electrons. The van der Waals surface area contributed by atoms with Crippen LogP contribution in [0.25, 0.3) is 0 Å². The fraction of sp³-hybridized carbons (Fsp3) is 0.350. The third-order valence-electron chi connectivity index (χ3n) is 5.48. The molecule has 1 N–H and O–H groups in total. The van der Waals surface area contributed by atoms with Crippen LogP contribution in [0.3, 0.4) is 0 Å². The highest BCUT2D eigenvalue weighted by Gasteiger charge is 2.76. The number of methoxy groups -OCH3 is 1. The van der Waals surface area contributed by atoms with Crippen molar-refractivity contribution in [1.82, 2.24) is 0 Å². The average molecular weight is 404 g/mol. The van der Waals surface area contributed by atoms with Gasteiger partial charge in [0, 0.05) is 13.0 Å². The van der Waals surface area contributed by atoms with Gasteiger partial charge in [-0.2, -0.15) is 0 Å². The fourth-order valence-corrected chi connectivity index (χ4v) is 6.40. The first-order chi connectivity index (χ1) is 13.3. The van der Waals surface area contributed by atoms with Crippen molar-refractivity contribution < 1.29 is 32.5 Å². The van der Waals surface area contributed by atoms with Gasteiger partial charge >= 0.3 is 5.97 Å². The zero-order chi connectivity index (χ0) is 20.1. The summed E-state index contributed by atoms with van der Waals surface area (Å²) >= 11 is 0. The second kappa shape index (κ2) is 6.49. The minimum absolute atomic E-state index is 0.0801. The van der Waals surface area contributed by atoms with Gasteiger partial charge in [-0.05, 0) is 36.8 Å². The monoisotopic (exact) mass is 404 g/mol. The van der Waals surface area contributed by atoms with Crippen LogP contribution >= 0.6 is 0 Å². The van der Waals surface area contributed by atoms with E-state index in [1.807, 2.05) is 6.92 Å². The average Bonchev–Trinajstić information content (AvgIpc) is 3.13. The number of aryl methyl sites for hydroxylation is 1. The number of hydrogen-bond acceptors (Lipinski definition) is 6. The van der Waals surface area contributed by atoms with Gasteiger partial charge in [0.05, 0.1) is 16.8 Å². The zero-order valence-electron chi connectivity index (χ0n) is 15.4. The van der Waals surface area contributed by atoms with Crippen LogP contribution in [-0.2, 0) is 19.4 Å². The van der Waals surface area contributed by atoms with Gasteiger partial charge in [0.25, 0.3) is 0 Å². The van der Waals surface area contributed by atoms with Crippen LogP contribution in [0.15, 0.2) is 47.4 Å². The molecule has 1 aliphatic carbocycles. The summed E-state index contributed by atoms with van der Waals surface area (Å²) in [5.74, 6) is -0.925. The minimum Gasteiger partial charge on any atom is -0.481 e. The number of benzene rings is 2. The summed E-state index contributed by atoms with van der Waals surface area (Å²) in [6.45, 7) is 1.73. The molecule has 7 nitrogen and oxygen atoms in total. The van der Waals surface area contributed by atoms with Crippen molar-refractivity contribution in [3.05, 3.63) is 53.6 Å². The van der Waals surface area contributed by atoms with Crippen LogP contribution in [0, 0.1) is 12.3 Å². The molecule has 0 aromatic heterocycles. The molecule has 2 aromatic carbocycles. The highest BCUT2D eigenvalue weighted by Crippen LogP contribution is 2.65. The second-order valence-electron chi connectivity index (χ2n) is 7.15. The van der Waals surface area contributed by atoms with Crippen LogP contribution in [0.4, 0.5) is 0 Å². The molecule has 0 unspecified atom stereocenters. The lowest BCUT2D eigenvalue weighted by molar-refractivity contribution is -0.145. The van der Waals surface area contributed by atoms with E-state index in [0.717, 1.165) is 5.56 Å². The van der Waals surface area contributed by atoms with E-state index >= 15 is 0 Å². The van der Waals surface area contributed by atoms with E-state index in [1.54, 1.807) is 30.3 Å². The van der Waals surface area contributed by atoms with Crippen LogP contribution in [-0.4, -0.2) is 45.3 Å². The first-order valence-corrected chi connectivity index (χ1v) is 10.3. The molecule has 1 saturated carbocycles. The lowest BCUT2D eigenvalue weighted by atomic mass is 9.99. The molecule has 1 fully saturated rings. The molecule has 0 spiro atoms. The molecular formula is C20H20O7S. The van der Waals surface area contributed by atoms with Crippen molar-refractivity contribution in [3.8, 4) is 11.5 Å². The predicted octanol–water partition coefficient (Wildman–Crippen LogP) is 2.38. The maximum atomic E-state index is 13.3. The molecule has 0 amide bonds. The smallest absolute Gasteiger partial charge is 0.314 e. The van der Waals surface area contributed by atoms with Gasteiger partial charge in [-0.25, -0.2) is 8.42 Å². The number of sulfone groups is 1. The van der Waals surface area contributed by atoms with Crippen LogP contribution in [0.1, 0.15) is 17.0 Å². The van der Waals surface area contributed by atoms with E-state index in [4.69, 9.17) is 14.2 Å². The highest BCUT2D eigenvalue weighted by atomic mass is 32.2. The topological polar surface area (TPSA) is 99.1 Å². The molecule has 8 heteroatoms. The number of carboxylic acids is 1. The molecule has 0 bridgehead atoms. The molecule has 28 heavy (non-hydrogen) atoms. The molecule has 1 heterocycles. The van der Waals surface area contributed by atoms with Crippen molar-refractivity contribution >= 4 is 15.8 Å². The maximum Gasteiger partial charge on any atom is 0.314 e. The van der Waals surface area contributed by atoms with Crippen molar-refractivity contribution in [1.29, 1.82) is 0 Å². The Labute approximate surface area is 162 Å². The number of carboxylic acid groups (broad SMARTS) is 1. The maximum absolute atomic E-state index is 13.3. The quantitative estimate of drug-likeness (QED) is 0.789. The van der Waals surface area contributed by atoms with E-state index in [0.29, 0.717) is 17.1 Å². The SMILES string of the molecule is COC[C@]1(C(=O)O)[C@@H](c2ccc3c(c2)OCO3)[C@@H]1S(=O)(=O)c1ccc(C)cc1. The van der Waals surface area contributed by atoms with Gasteiger partial charge in [-0.1, -0.05) is 23.8 Å². The highest BCUT2D eigenvalue weighted by molar-refractivity contribution is 7.92. The van der Waals surface area contributed by atoms with E-state index in [-0.39, 0.29) is 18.3 Å². The summed E-state index contributed by atoms with van der Waals surface area (Å²) in [6.07, 6.45) is 0. The molecule has 0 saturated heterocycles.